The Morgan fingerprint density at radius 1 is 0.833 bits per heavy atom. The molecule has 0 saturated heterocycles. The minimum absolute atomic E-state index is 0. The van der Waals surface area contributed by atoms with Crippen LogP contribution in [0, 0.1) is 20.2 Å². The third kappa shape index (κ3) is 74.3. The van der Waals surface area contributed by atoms with Crippen molar-refractivity contribution in [2.45, 2.75) is 0 Å². The van der Waals surface area contributed by atoms with Gasteiger partial charge >= 0.3 is 0 Å². The molecule has 18 heavy (non-hydrogen) atoms. The smallest absolute Gasteiger partial charge is 0.00772 e. The molecule has 0 rings (SSSR count). The minimum Gasteiger partial charge on any atom is -1.00 e. The van der Waals surface area contributed by atoms with Crippen molar-refractivity contribution >= 4 is 0 Å². The van der Waals surface area contributed by atoms with E-state index < -0.39 is 0 Å². The van der Waals surface area contributed by atoms with E-state index in [-0.39, 0.29) is 40.8 Å². The zero-order valence-corrected chi connectivity index (χ0v) is 12.8. The number of nitrogens with two attached hydrogens (primary N) is 2. The zero-order chi connectivity index (χ0) is 13.1. The number of nitrogens with zero attached hydrogens (tertiary/aromatic N) is 2. The molecule has 0 amide bonds. The molecule has 12 heteroatoms. The third-order valence-corrected chi connectivity index (χ3v) is 1.12. The van der Waals surface area contributed by atoms with E-state index in [1.165, 1.54) is 0 Å². The van der Waals surface area contributed by atoms with Gasteiger partial charge in [-0.1, -0.05) is 0 Å². The summed E-state index contributed by atoms with van der Waals surface area (Å²) in [7, 11) is 0. The van der Waals surface area contributed by atoms with Crippen LogP contribution in [-0.2, 0) is 16.8 Å². The van der Waals surface area contributed by atoms with Crippen LogP contribution in [0.2, 0.25) is 0 Å². The summed E-state index contributed by atoms with van der Waals surface area (Å²) in [5.41, 5.74) is 10.5. The van der Waals surface area contributed by atoms with E-state index in [0.29, 0.717) is 13.1 Å². The van der Waals surface area contributed by atoms with Crippen molar-refractivity contribution in [3.05, 3.63) is 20.2 Å². The van der Waals surface area contributed by atoms with Gasteiger partial charge in [0.15, 0.2) is 0 Å². The van der Waals surface area contributed by atoms with E-state index in [4.69, 9.17) is 31.7 Å². The van der Waals surface area contributed by atoms with Crippen LogP contribution in [0.5, 0.6) is 0 Å². The largest absolute Gasteiger partial charge is 1.00 e. The number of hydrogen-bond donors (Lipinski definition) is 4. The summed E-state index contributed by atoms with van der Waals surface area (Å²) in [6.07, 6.45) is 0. The molecule has 0 fully saturated rings. The molecule has 0 aliphatic carbocycles. The molecule has 1 radical (unpaired) electrons. The average Bonchev–Trinajstić information content (AvgIpc) is 2.26. The number of hydrogen-bond acceptors (Lipinski definition) is 10. The van der Waals surface area contributed by atoms with Gasteiger partial charge in [0, 0.05) is 56.0 Å². The summed E-state index contributed by atoms with van der Waals surface area (Å²) >= 11 is 0. The molecule has 0 unspecified atom stereocenters. The summed E-state index contributed by atoms with van der Waals surface area (Å²) in [4.78, 5) is 16.0. The fourth-order valence-electron chi connectivity index (χ4n) is 0.631. The molecule has 0 aliphatic heterocycles. The topological polar surface area (TPSA) is 181 Å². The molecule has 0 aromatic rings. The fourth-order valence-corrected chi connectivity index (χ4v) is 0.631. The monoisotopic (exact) mass is 424 g/mol. The van der Waals surface area contributed by atoms with Crippen LogP contribution < -0.4 is 46.1 Å². The number of rotatable bonds is 7. The van der Waals surface area contributed by atoms with Crippen molar-refractivity contribution in [1.82, 2.24) is 10.6 Å². The summed E-state index contributed by atoms with van der Waals surface area (Å²) in [5.74, 6) is 0. The van der Waals surface area contributed by atoms with Crippen LogP contribution in [0.15, 0.2) is 10.7 Å². The Morgan fingerprint density at radius 3 is 1.22 bits per heavy atom. The van der Waals surface area contributed by atoms with E-state index in [1.54, 1.807) is 0 Å². The first-order chi connectivity index (χ1) is 7.74. The van der Waals surface area contributed by atoms with Crippen LogP contribution in [0.25, 0.3) is 0 Å². The maximum Gasteiger partial charge on any atom is 0.00772 e. The number of halogens is 1. The van der Waals surface area contributed by atoms with Gasteiger partial charge in [-0.05, 0) is 0 Å². The normalized spacial score (nSPS) is 7.00. The van der Waals surface area contributed by atoms with Crippen LogP contribution in [0.1, 0.15) is 0 Å². The molecule has 115 valence electrons. The Labute approximate surface area is 133 Å². The Kier molecular flexibility index (Phi) is 74.4. The molecule has 0 heterocycles. The van der Waals surface area contributed by atoms with Gasteiger partial charge in [0.25, 0.3) is 0 Å². The third-order valence-electron chi connectivity index (χ3n) is 1.12. The SMILES string of the molecule is NCCNCCNCCN.O=N[O-].O=N[O-].[Co].[I-]. The second kappa shape index (κ2) is 43.6. The average molecular weight is 424 g/mol. The second-order valence-electron chi connectivity index (χ2n) is 2.23. The van der Waals surface area contributed by atoms with E-state index in [0.717, 1.165) is 36.9 Å². The first-order valence-electron chi connectivity index (χ1n) is 4.46. The van der Waals surface area contributed by atoms with Gasteiger partial charge in [0.05, 0.1) is 0 Å². The molecule has 10 nitrogen and oxygen atoms in total. The molecule has 0 atom stereocenters. The molecule has 6 N–H and O–H groups in total. The molecule has 0 aromatic carbocycles. The van der Waals surface area contributed by atoms with E-state index in [9.17, 15) is 0 Å². The van der Waals surface area contributed by atoms with Gasteiger partial charge in [0.2, 0.25) is 0 Å². The van der Waals surface area contributed by atoms with Crippen LogP contribution >= 0.6 is 0 Å². The molecule has 0 spiro atoms. The maximum absolute atomic E-state index is 8.00. The van der Waals surface area contributed by atoms with Gasteiger partial charge in [-0.3, -0.25) is 0 Å². The van der Waals surface area contributed by atoms with Crippen molar-refractivity contribution in [3.63, 3.8) is 0 Å². The van der Waals surface area contributed by atoms with Crippen LogP contribution in [-0.4, -0.2) is 39.3 Å². The summed E-state index contributed by atoms with van der Waals surface area (Å²) < 4.78 is 0. The van der Waals surface area contributed by atoms with Crippen molar-refractivity contribution in [2.24, 2.45) is 22.1 Å². The first kappa shape index (κ1) is 30.7. The summed E-state index contributed by atoms with van der Waals surface area (Å²) in [5, 5.41) is 24.3. The van der Waals surface area contributed by atoms with Crippen molar-refractivity contribution in [2.75, 3.05) is 39.3 Å². The Bertz CT molecular complexity index is 125. The quantitative estimate of drug-likeness (QED) is 0.137. The molecule has 0 aliphatic rings. The van der Waals surface area contributed by atoms with Gasteiger partial charge < -0.3 is 66.3 Å². The standard InChI is InChI=1S/C6H18N4.Co.HI.2HNO2/c7-1-3-9-5-6-10-4-2-8;;;2*2-1-3/h9-10H,1-8H2;;1H;2*(H,2,3)/p-3. The fraction of sp³-hybridized carbons (Fsp3) is 1.00. The Balaban J connectivity index is -0.0000000603. The second-order valence-corrected chi connectivity index (χ2v) is 2.23. The van der Waals surface area contributed by atoms with Crippen molar-refractivity contribution < 1.29 is 40.8 Å². The zero-order valence-electron chi connectivity index (χ0n) is 9.64. The predicted molar refractivity (Wildman–Crippen MR) is 62.2 cm³/mol. The molecule has 0 aromatic heterocycles. The van der Waals surface area contributed by atoms with Gasteiger partial charge in [-0.2, -0.15) is 0 Å². The van der Waals surface area contributed by atoms with Gasteiger partial charge in [0.1, 0.15) is 0 Å². The van der Waals surface area contributed by atoms with Gasteiger partial charge in [-0.15, -0.1) is 10.7 Å². The minimum atomic E-state index is 0. The van der Waals surface area contributed by atoms with Crippen molar-refractivity contribution in [3.8, 4) is 0 Å². The molecular weight excluding hydrogens is 406 g/mol. The summed E-state index contributed by atoms with van der Waals surface area (Å²) in [6, 6.07) is 0. The molecular formula is C6H18CoIN6O4-3. The van der Waals surface area contributed by atoms with E-state index in [2.05, 4.69) is 10.6 Å². The van der Waals surface area contributed by atoms with Crippen LogP contribution in [0.3, 0.4) is 0 Å². The van der Waals surface area contributed by atoms with Crippen molar-refractivity contribution in [1.29, 1.82) is 0 Å². The number of nitrogens with one attached hydrogen (secondary N) is 2. The molecule has 0 bridgehead atoms. The summed E-state index contributed by atoms with van der Waals surface area (Å²) in [6.45, 7) is 5.14. The van der Waals surface area contributed by atoms with Crippen LogP contribution in [0.4, 0.5) is 0 Å². The Morgan fingerprint density at radius 2 is 1.06 bits per heavy atom. The molecule has 0 saturated carbocycles. The predicted octanol–water partition coefficient (Wildman–Crippen LogP) is -4.41. The maximum atomic E-state index is 8.00. The van der Waals surface area contributed by atoms with E-state index >= 15 is 0 Å². The van der Waals surface area contributed by atoms with E-state index in [1.807, 2.05) is 0 Å². The Hall–Kier alpha value is -0.124. The van der Waals surface area contributed by atoms with Gasteiger partial charge in [-0.25, -0.2) is 0 Å². The first-order valence-corrected chi connectivity index (χ1v) is 4.46.